The molecule has 25 heavy (non-hydrogen) atoms. The first-order valence-electron chi connectivity index (χ1n) is 8.83. The molecule has 7 nitrogen and oxygen atoms in total. The van der Waals surface area contributed by atoms with Crippen molar-refractivity contribution in [3.8, 4) is 11.4 Å². The van der Waals surface area contributed by atoms with E-state index in [0.717, 1.165) is 49.9 Å². The normalized spacial score (nSPS) is 17.4. The van der Waals surface area contributed by atoms with Crippen molar-refractivity contribution in [3.63, 3.8) is 0 Å². The molecule has 0 radical (unpaired) electrons. The van der Waals surface area contributed by atoms with E-state index in [9.17, 15) is 9.59 Å². The third-order valence-corrected chi connectivity index (χ3v) is 4.74. The van der Waals surface area contributed by atoms with Gasteiger partial charge in [0.25, 0.3) is 0 Å². The molecule has 1 aromatic carbocycles. The Bertz CT molecular complexity index is 790. The number of nitrogens with zero attached hydrogens (tertiary/aromatic N) is 2. The van der Waals surface area contributed by atoms with Crippen LogP contribution < -0.4 is 10.6 Å². The number of amides is 2. The van der Waals surface area contributed by atoms with Gasteiger partial charge in [0, 0.05) is 23.2 Å². The summed E-state index contributed by atoms with van der Waals surface area (Å²) in [6.45, 7) is 0. The van der Waals surface area contributed by atoms with E-state index in [1.54, 1.807) is 12.1 Å². The SMILES string of the molecule is O=C(Nc1cccc(-c2n[nH]c(C3CC3)n2)c1)C(=O)NC1CCCC1. The van der Waals surface area contributed by atoms with Crippen LogP contribution >= 0.6 is 0 Å². The maximum Gasteiger partial charge on any atom is 0.313 e. The number of hydrogen-bond donors (Lipinski definition) is 3. The molecule has 2 saturated carbocycles. The van der Waals surface area contributed by atoms with Crippen molar-refractivity contribution in [2.45, 2.75) is 50.5 Å². The van der Waals surface area contributed by atoms with Gasteiger partial charge in [-0.3, -0.25) is 14.7 Å². The summed E-state index contributed by atoms with van der Waals surface area (Å²) in [4.78, 5) is 28.6. The van der Waals surface area contributed by atoms with Gasteiger partial charge >= 0.3 is 11.8 Å². The number of anilines is 1. The topological polar surface area (TPSA) is 99.8 Å². The van der Waals surface area contributed by atoms with Gasteiger partial charge < -0.3 is 10.6 Å². The summed E-state index contributed by atoms with van der Waals surface area (Å²) in [5, 5.41) is 12.7. The molecule has 1 aromatic heterocycles. The second-order valence-electron chi connectivity index (χ2n) is 6.81. The van der Waals surface area contributed by atoms with Crippen LogP contribution in [0, 0.1) is 0 Å². The second kappa shape index (κ2) is 6.66. The van der Waals surface area contributed by atoms with Gasteiger partial charge in [-0.15, -0.1) is 0 Å². The number of hydrogen-bond acceptors (Lipinski definition) is 4. The molecule has 0 bridgehead atoms. The first-order valence-corrected chi connectivity index (χ1v) is 8.83. The molecule has 2 aliphatic carbocycles. The summed E-state index contributed by atoms with van der Waals surface area (Å²) in [6.07, 6.45) is 6.41. The standard InChI is InChI=1S/C18H21N5O2/c24-17(19-13-5-1-2-6-13)18(25)20-14-7-3-4-12(10-14)16-21-15(22-23-16)11-8-9-11/h3-4,7,10-11,13H,1-2,5-6,8-9H2,(H,19,24)(H,20,25)(H,21,22,23). The van der Waals surface area contributed by atoms with Gasteiger partial charge in [0.05, 0.1) is 0 Å². The quantitative estimate of drug-likeness (QED) is 0.744. The Morgan fingerprint density at radius 2 is 1.88 bits per heavy atom. The van der Waals surface area contributed by atoms with Crippen molar-refractivity contribution in [3.05, 3.63) is 30.1 Å². The van der Waals surface area contributed by atoms with Crippen LogP contribution in [0.15, 0.2) is 24.3 Å². The Morgan fingerprint density at radius 3 is 2.64 bits per heavy atom. The summed E-state index contributed by atoms with van der Waals surface area (Å²) in [5.74, 6) is 0.807. The van der Waals surface area contributed by atoms with Crippen molar-refractivity contribution in [2.24, 2.45) is 0 Å². The van der Waals surface area contributed by atoms with Crippen LogP contribution in [0.1, 0.15) is 50.3 Å². The number of rotatable bonds is 4. The maximum absolute atomic E-state index is 12.1. The monoisotopic (exact) mass is 339 g/mol. The highest BCUT2D eigenvalue weighted by Crippen LogP contribution is 2.38. The lowest BCUT2D eigenvalue weighted by atomic mass is 10.2. The van der Waals surface area contributed by atoms with Crippen LogP contribution in [-0.4, -0.2) is 33.0 Å². The van der Waals surface area contributed by atoms with Crippen molar-refractivity contribution in [1.82, 2.24) is 20.5 Å². The molecular weight excluding hydrogens is 318 g/mol. The number of benzene rings is 1. The fraction of sp³-hybridized carbons (Fsp3) is 0.444. The third kappa shape index (κ3) is 3.70. The second-order valence-corrected chi connectivity index (χ2v) is 6.81. The Kier molecular flexibility index (Phi) is 4.21. The average molecular weight is 339 g/mol. The highest BCUT2D eigenvalue weighted by atomic mass is 16.2. The number of aromatic nitrogens is 3. The largest absolute Gasteiger partial charge is 0.345 e. The third-order valence-electron chi connectivity index (χ3n) is 4.74. The fourth-order valence-corrected chi connectivity index (χ4v) is 3.19. The Hall–Kier alpha value is -2.70. The smallest absolute Gasteiger partial charge is 0.313 e. The molecule has 0 unspecified atom stereocenters. The van der Waals surface area contributed by atoms with E-state index in [-0.39, 0.29) is 6.04 Å². The molecule has 130 valence electrons. The summed E-state index contributed by atoms with van der Waals surface area (Å²) < 4.78 is 0. The lowest BCUT2D eigenvalue weighted by Crippen LogP contribution is -2.40. The van der Waals surface area contributed by atoms with Crippen LogP contribution in [0.2, 0.25) is 0 Å². The molecule has 2 aromatic rings. The highest BCUT2D eigenvalue weighted by Gasteiger charge is 2.27. The summed E-state index contributed by atoms with van der Waals surface area (Å²) >= 11 is 0. The van der Waals surface area contributed by atoms with Crippen LogP contribution in [0.3, 0.4) is 0 Å². The lowest BCUT2D eigenvalue weighted by Gasteiger charge is -2.11. The van der Waals surface area contributed by atoms with Gasteiger partial charge in [-0.2, -0.15) is 5.10 Å². The first kappa shape index (κ1) is 15.8. The first-order chi connectivity index (χ1) is 12.2. The number of carbonyl (C=O) groups is 2. The van der Waals surface area contributed by atoms with E-state index in [0.29, 0.717) is 17.4 Å². The molecule has 2 amide bonds. The molecule has 7 heteroatoms. The van der Waals surface area contributed by atoms with Crippen molar-refractivity contribution >= 4 is 17.5 Å². The van der Waals surface area contributed by atoms with Gasteiger partial charge in [0.2, 0.25) is 0 Å². The minimum absolute atomic E-state index is 0.124. The number of nitrogens with one attached hydrogen (secondary N) is 3. The predicted octanol–water partition coefficient (Wildman–Crippen LogP) is 2.35. The number of carbonyl (C=O) groups excluding carboxylic acids is 2. The van der Waals surface area contributed by atoms with E-state index in [2.05, 4.69) is 25.8 Å². The molecule has 3 N–H and O–H groups in total. The van der Waals surface area contributed by atoms with Gasteiger partial charge in [-0.1, -0.05) is 25.0 Å². The molecule has 4 rings (SSSR count). The van der Waals surface area contributed by atoms with Gasteiger partial charge in [0.1, 0.15) is 5.82 Å². The lowest BCUT2D eigenvalue weighted by molar-refractivity contribution is -0.136. The molecule has 0 atom stereocenters. The Morgan fingerprint density at radius 1 is 1.08 bits per heavy atom. The van der Waals surface area contributed by atoms with Crippen molar-refractivity contribution in [2.75, 3.05) is 5.32 Å². The van der Waals surface area contributed by atoms with Crippen molar-refractivity contribution < 1.29 is 9.59 Å². The van der Waals surface area contributed by atoms with Gasteiger partial charge in [-0.25, -0.2) is 4.98 Å². The molecule has 0 saturated heterocycles. The van der Waals surface area contributed by atoms with Crippen LogP contribution in [0.5, 0.6) is 0 Å². The summed E-state index contributed by atoms with van der Waals surface area (Å²) in [7, 11) is 0. The zero-order valence-corrected chi connectivity index (χ0v) is 13.9. The van der Waals surface area contributed by atoms with Crippen molar-refractivity contribution in [1.29, 1.82) is 0 Å². The average Bonchev–Trinajstić information content (AvgIpc) is 3.12. The minimum Gasteiger partial charge on any atom is -0.345 e. The minimum atomic E-state index is -0.641. The van der Waals surface area contributed by atoms with E-state index < -0.39 is 11.8 Å². The van der Waals surface area contributed by atoms with E-state index in [1.807, 2.05) is 12.1 Å². The van der Waals surface area contributed by atoms with Crippen LogP contribution in [-0.2, 0) is 9.59 Å². The molecule has 2 aliphatic rings. The zero-order valence-electron chi connectivity index (χ0n) is 13.9. The Labute approximate surface area is 145 Å². The molecule has 1 heterocycles. The zero-order chi connectivity index (χ0) is 17.2. The van der Waals surface area contributed by atoms with E-state index in [4.69, 9.17) is 0 Å². The number of aromatic amines is 1. The molecule has 2 fully saturated rings. The van der Waals surface area contributed by atoms with E-state index in [1.165, 1.54) is 0 Å². The van der Waals surface area contributed by atoms with Crippen LogP contribution in [0.25, 0.3) is 11.4 Å². The number of H-pyrrole nitrogens is 1. The molecule has 0 spiro atoms. The highest BCUT2D eigenvalue weighted by molar-refractivity contribution is 6.39. The maximum atomic E-state index is 12.1. The predicted molar refractivity (Wildman–Crippen MR) is 92.8 cm³/mol. The van der Waals surface area contributed by atoms with Crippen LogP contribution in [0.4, 0.5) is 5.69 Å². The van der Waals surface area contributed by atoms with E-state index >= 15 is 0 Å². The molecular formula is C18H21N5O2. The fourth-order valence-electron chi connectivity index (χ4n) is 3.19. The Balaban J connectivity index is 1.41. The van der Waals surface area contributed by atoms with Gasteiger partial charge in [0.15, 0.2) is 5.82 Å². The summed E-state index contributed by atoms with van der Waals surface area (Å²) in [5.41, 5.74) is 1.36. The summed E-state index contributed by atoms with van der Waals surface area (Å²) in [6, 6.07) is 7.35. The van der Waals surface area contributed by atoms with Gasteiger partial charge in [-0.05, 0) is 37.8 Å². The molecule has 0 aliphatic heterocycles.